The Labute approximate surface area is 173 Å². The first-order valence-corrected chi connectivity index (χ1v) is 10.1. The maximum absolute atomic E-state index is 12.9. The van der Waals surface area contributed by atoms with Gasteiger partial charge in [0.1, 0.15) is 11.5 Å². The zero-order chi connectivity index (χ0) is 20.4. The molecule has 0 radical (unpaired) electrons. The molecule has 1 unspecified atom stereocenters. The number of fused-ring (bicyclic) bond motifs is 1. The van der Waals surface area contributed by atoms with Crippen LogP contribution in [0.1, 0.15) is 12.5 Å². The lowest BCUT2D eigenvalue weighted by Crippen LogP contribution is -2.35. The van der Waals surface area contributed by atoms with E-state index in [1.54, 1.807) is 32.4 Å². The van der Waals surface area contributed by atoms with E-state index in [-0.39, 0.29) is 11.2 Å². The number of thioether (sulfide) groups is 1. The molecule has 150 valence electrons. The van der Waals surface area contributed by atoms with Gasteiger partial charge in [-0.1, -0.05) is 30.0 Å². The van der Waals surface area contributed by atoms with Crippen molar-refractivity contribution in [2.45, 2.75) is 23.8 Å². The van der Waals surface area contributed by atoms with Crippen molar-refractivity contribution in [2.75, 3.05) is 25.7 Å². The molecule has 1 aliphatic heterocycles. The zero-order valence-electron chi connectivity index (χ0n) is 16.4. The lowest BCUT2D eigenvalue weighted by molar-refractivity contribution is -0.117. The van der Waals surface area contributed by atoms with Crippen LogP contribution < -0.4 is 14.4 Å². The third-order valence-electron chi connectivity index (χ3n) is 4.82. The van der Waals surface area contributed by atoms with Gasteiger partial charge in [0.2, 0.25) is 5.91 Å². The maximum atomic E-state index is 12.9. The molecular formula is C21H21N3O4S. The molecule has 3 aromatic rings. The summed E-state index contributed by atoms with van der Waals surface area (Å²) in [6.45, 7) is 2.55. The van der Waals surface area contributed by atoms with E-state index in [2.05, 4.69) is 16.3 Å². The van der Waals surface area contributed by atoms with E-state index in [0.29, 0.717) is 34.7 Å². The molecule has 4 rings (SSSR count). The van der Waals surface area contributed by atoms with Gasteiger partial charge in [0.25, 0.3) is 11.1 Å². The van der Waals surface area contributed by atoms with Gasteiger partial charge in [0, 0.05) is 18.3 Å². The predicted molar refractivity (Wildman–Crippen MR) is 111 cm³/mol. The van der Waals surface area contributed by atoms with E-state index in [4.69, 9.17) is 13.9 Å². The number of para-hydroxylation sites is 1. The molecule has 29 heavy (non-hydrogen) atoms. The Morgan fingerprint density at radius 1 is 1.17 bits per heavy atom. The molecule has 0 fully saturated rings. The van der Waals surface area contributed by atoms with Crippen molar-refractivity contribution in [1.29, 1.82) is 0 Å². The van der Waals surface area contributed by atoms with Crippen molar-refractivity contribution in [3.63, 3.8) is 0 Å². The fraction of sp³-hybridized carbons (Fsp3) is 0.286. The van der Waals surface area contributed by atoms with Crippen LogP contribution in [0.15, 0.2) is 52.1 Å². The molecule has 0 spiro atoms. The summed E-state index contributed by atoms with van der Waals surface area (Å²) >= 11 is 1.25. The Bertz CT molecular complexity index is 1040. The molecule has 1 atom stereocenters. The highest BCUT2D eigenvalue weighted by atomic mass is 32.2. The molecule has 2 aromatic carbocycles. The Morgan fingerprint density at radius 3 is 2.79 bits per heavy atom. The lowest BCUT2D eigenvalue weighted by Gasteiger charge is -2.20. The van der Waals surface area contributed by atoms with Crippen molar-refractivity contribution >= 4 is 23.4 Å². The molecule has 1 aromatic heterocycles. The van der Waals surface area contributed by atoms with Crippen molar-refractivity contribution in [3.8, 4) is 23.0 Å². The summed E-state index contributed by atoms with van der Waals surface area (Å²) in [4.78, 5) is 14.8. The zero-order valence-corrected chi connectivity index (χ0v) is 17.2. The number of aromatic nitrogens is 2. The summed E-state index contributed by atoms with van der Waals surface area (Å²) in [6.07, 6.45) is 0.876. The summed E-state index contributed by atoms with van der Waals surface area (Å²) in [6, 6.07) is 13.4. The number of benzene rings is 2. The van der Waals surface area contributed by atoms with Gasteiger partial charge >= 0.3 is 0 Å². The molecule has 7 nitrogen and oxygen atoms in total. The number of carbonyl (C=O) groups excluding carboxylic acids is 1. The summed E-state index contributed by atoms with van der Waals surface area (Å²) in [5.41, 5.74) is 2.85. The van der Waals surface area contributed by atoms with Gasteiger partial charge < -0.3 is 18.8 Å². The Balaban J connectivity index is 1.49. The molecule has 8 heteroatoms. The molecule has 0 N–H and O–H groups in total. The molecule has 2 heterocycles. The van der Waals surface area contributed by atoms with Crippen LogP contribution >= 0.6 is 11.8 Å². The lowest BCUT2D eigenvalue weighted by atomic mass is 10.2. The SMILES string of the molecule is COc1ccc(-c2nnc(SC(C)C(=O)N3CCc4ccccc43)o2)c(OC)c1. The maximum Gasteiger partial charge on any atom is 0.277 e. The number of nitrogens with zero attached hydrogens (tertiary/aromatic N) is 3. The molecular weight excluding hydrogens is 390 g/mol. The third kappa shape index (κ3) is 3.80. The van der Waals surface area contributed by atoms with Crippen LogP contribution in [0.5, 0.6) is 11.5 Å². The minimum atomic E-state index is -0.354. The first-order valence-electron chi connectivity index (χ1n) is 9.22. The Hall–Kier alpha value is -3.00. The first-order chi connectivity index (χ1) is 14.1. The third-order valence-corrected chi connectivity index (χ3v) is 5.75. The summed E-state index contributed by atoms with van der Waals surface area (Å²) < 4.78 is 16.4. The molecule has 0 saturated heterocycles. The van der Waals surface area contributed by atoms with E-state index in [1.165, 1.54) is 17.3 Å². The highest BCUT2D eigenvalue weighted by Crippen LogP contribution is 2.35. The van der Waals surface area contributed by atoms with Crippen LogP contribution in [0.3, 0.4) is 0 Å². The Kier molecular flexibility index (Phi) is 5.44. The smallest absolute Gasteiger partial charge is 0.277 e. The van der Waals surface area contributed by atoms with E-state index < -0.39 is 0 Å². The van der Waals surface area contributed by atoms with Crippen LogP contribution in [-0.4, -0.2) is 42.1 Å². The van der Waals surface area contributed by atoms with E-state index >= 15 is 0 Å². The van der Waals surface area contributed by atoms with Gasteiger partial charge in [-0.05, 0) is 37.1 Å². The van der Waals surface area contributed by atoms with Crippen LogP contribution in [0.4, 0.5) is 5.69 Å². The molecule has 1 aliphatic rings. The van der Waals surface area contributed by atoms with Crippen LogP contribution in [0.2, 0.25) is 0 Å². The molecule has 0 saturated carbocycles. The van der Waals surface area contributed by atoms with Crippen molar-refractivity contribution < 1.29 is 18.7 Å². The minimum Gasteiger partial charge on any atom is -0.497 e. The number of anilines is 1. The second-order valence-electron chi connectivity index (χ2n) is 6.57. The predicted octanol–water partition coefficient (Wildman–Crippen LogP) is 3.82. The topological polar surface area (TPSA) is 77.7 Å². The second kappa shape index (κ2) is 8.16. The fourth-order valence-electron chi connectivity index (χ4n) is 3.33. The van der Waals surface area contributed by atoms with Gasteiger partial charge in [0.05, 0.1) is 25.0 Å². The van der Waals surface area contributed by atoms with Gasteiger partial charge in [-0.3, -0.25) is 4.79 Å². The van der Waals surface area contributed by atoms with Crippen LogP contribution in [0.25, 0.3) is 11.5 Å². The molecule has 0 aliphatic carbocycles. The standard InChI is InChI=1S/C21H21N3O4S/c1-13(20(25)24-11-10-14-6-4-5-7-17(14)24)29-21-23-22-19(28-21)16-9-8-15(26-2)12-18(16)27-3/h4-9,12-13H,10-11H2,1-3H3. The van der Waals surface area contributed by atoms with Crippen molar-refractivity contribution in [3.05, 3.63) is 48.0 Å². The average molecular weight is 411 g/mol. The summed E-state index contributed by atoms with van der Waals surface area (Å²) in [5, 5.41) is 8.19. The number of hydrogen-bond acceptors (Lipinski definition) is 7. The summed E-state index contributed by atoms with van der Waals surface area (Å²) in [5.74, 6) is 1.60. The number of carbonyl (C=O) groups is 1. The largest absolute Gasteiger partial charge is 0.497 e. The second-order valence-corrected chi connectivity index (χ2v) is 7.86. The van der Waals surface area contributed by atoms with Gasteiger partial charge in [-0.15, -0.1) is 10.2 Å². The van der Waals surface area contributed by atoms with Gasteiger partial charge in [0.15, 0.2) is 0 Å². The van der Waals surface area contributed by atoms with Gasteiger partial charge in [-0.25, -0.2) is 0 Å². The first kappa shape index (κ1) is 19.3. The van der Waals surface area contributed by atoms with Crippen molar-refractivity contribution in [1.82, 2.24) is 10.2 Å². The quantitative estimate of drug-likeness (QED) is 0.571. The fourth-order valence-corrected chi connectivity index (χ4v) is 4.08. The monoisotopic (exact) mass is 411 g/mol. The Morgan fingerprint density at radius 2 is 2.00 bits per heavy atom. The van der Waals surface area contributed by atoms with Crippen LogP contribution in [0, 0.1) is 0 Å². The van der Waals surface area contributed by atoms with E-state index in [1.807, 2.05) is 30.0 Å². The number of rotatable bonds is 6. The number of methoxy groups -OCH3 is 2. The normalized spacial score (nSPS) is 13.8. The highest BCUT2D eigenvalue weighted by Gasteiger charge is 2.29. The van der Waals surface area contributed by atoms with E-state index in [0.717, 1.165) is 12.1 Å². The highest BCUT2D eigenvalue weighted by molar-refractivity contribution is 8.00. The summed E-state index contributed by atoms with van der Waals surface area (Å²) in [7, 11) is 3.16. The molecule has 0 bridgehead atoms. The number of amides is 1. The van der Waals surface area contributed by atoms with Crippen molar-refractivity contribution in [2.24, 2.45) is 0 Å². The van der Waals surface area contributed by atoms with Gasteiger partial charge in [-0.2, -0.15) is 0 Å². The number of ether oxygens (including phenoxy) is 2. The minimum absolute atomic E-state index is 0.0294. The van der Waals surface area contributed by atoms with Crippen LogP contribution in [-0.2, 0) is 11.2 Å². The molecule has 1 amide bonds. The number of hydrogen-bond donors (Lipinski definition) is 0. The average Bonchev–Trinajstić information content (AvgIpc) is 3.39. The van der Waals surface area contributed by atoms with E-state index in [9.17, 15) is 4.79 Å².